The number of carboxylic acids is 1. The summed E-state index contributed by atoms with van der Waals surface area (Å²) >= 11 is 0. The maximum Gasteiger partial charge on any atom is 0.303 e. The van der Waals surface area contributed by atoms with Gasteiger partial charge in [0.25, 0.3) is 0 Å². The van der Waals surface area contributed by atoms with Gasteiger partial charge in [-0.05, 0) is 31.0 Å². The fourth-order valence-corrected chi connectivity index (χ4v) is 1.55. The minimum absolute atomic E-state index is 0.0346. The van der Waals surface area contributed by atoms with Crippen molar-refractivity contribution in [3.8, 4) is 0 Å². The molecule has 0 saturated carbocycles. The number of aliphatic carboxylic acids is 1. The molecule has 1 aromatic rings. The maximum absolute atomic E-state index is 11.4. The van der Waals surface area contributed by atoms with Crippen LogP contribution in [0.15, 0.2) is 18.3 Å². The molecule has 5 heteroatoms. The van der Waals surface area contributed by atoms with Crippen LogP contribution in [0.3, 0.4) is 0 Å². The predicted octanol–water partition coefficient (Wildman–Crippen LogP) is 1.30. The second-order valence-electron chi connectivity index (χ2n) is 4.17. The smallest absolute Gasteiger partial charge is 0.303 e. The number of rotatable bonds is 7. The van der Waals surface area contributed by atoms with Gasteiger partial charge in [-0.3, -0.25) is 14.6 Å². The number of nitrogens with zero attached hydrogens (tertiary/aromatic N) is 1. The lowest BCUT2D eigenvalue weighted by atomic mass is 10.2. The quantitative estimate of drug-likeness (QED) is 0.764. The third-order valence-corrected chi connectivity index (χ3v) is 2.47. The molecule has 0 radical (unpaired) electrons. The number of aromatic nitrogens is 1. The molecule has 0 atom stereocenters. The van der Waals surface area contributed by atoms with Crippen LogP contribution in [0, 0.1) is 6.92 Å². The molecule has 2 N–H and O–H groups in total. The van der Waals surface area contributed by atoms with Crippen LogP contribution in [0.2, 0.25) is 0 Å². The van der Waals surface area contributed by atoms with Gasteiger partial charge in [0.1, 0.15) is 0 Å². The standard InChI is InChI=1S/C13H18N2O3/c1-10-5-7-14-11(9-10)6-8-15-12(16)3-2-4-13(17)18/h5,7,9H,2-4,6,8H2,1H3,(H,15,16)(H,17,18). The summed E-state index contributed by atoms with van der Waals surface area (Å²) in [4.78, 5) is 25.8. The van der Waals surface area contributed by atoms with E-state index < -0.39 is 5.97 Å². The molecule has 98 valence electrons. The lowest BCUT2D eigenvalue weighted by Crippen LogP contribution is -2.25. The van der Waals surface area contributed by atoms with Gasteiger partial charge >= 0.3 is 5.97 Å². The third-order valence-electron chi connectivity index (χ3n) is 2.47. The van der Waals surface area contributed by atoms with E-state index in [1.54, 1.807) is 6.20 Å². The van der Waals surface area contributed by atoms with Gasteiger partial charge in [-0.25, -0.2) is 0 Å². The number of carbonyl (C=O) groups is 2. The lowest BCUT2D eigenvalue weighted by Gasteiger charge is -2.04. The van der Waals surface area contributed by atoms with Crippen molar-refractivity contribution in [3.05, 3.63) is 29.6 Å². The van der Waals surface area contributed by atoms with Crippen molar-refractivity contribution in [1.29, 1.82) is 0 Å². The molecular formula is C13H18N2O3. The Hall–Kier alpha value is -1.91. The van der Waals surface area contributed by atoms with E-state index in [2.05, 4.69) is 10.3 Å². The average Bonchev–Trinajstić information content (AvgIpc) is 2.28. The number of aryl methyl sites for hydroxylation is 1. The summed E-state index contributed by atoms with van der Waals surface area (Å²) in [6, 6.07) is 3.91. The largest absolute Gasteiger partial charge is 0.481 e. The van der Waals surface area contributed by atoms with E-state index in [0.717, 1.165) is 11.3 Å². The van der Waals surface area contributed by atoms with Crippen LogP contribution in [0.1, 0.15) is 30.5 Å². The second kappa shape index (κ2) is 7.42. The Morgan fingerprint density at radius 1 is 1.39 bits per heavy atom. The summed E-state index contributed by atoms with van der Waals surface area (Å²) in [6.45, 7) is 2.53. The Bertz CT molecular complexity index is 418. The maximum atomic E-state index is 11.4. The average molecular weight is 250 g/mol. The van der Waals surface area contributed by atoms with Gasteiger partial charge in [-0.1, -0.05) is 0 Å². The first-order valence-corrected chi connectivity index (χ1v) is 5.98. The minimum atomic E-state index is -0.869. The highest BCUT2D eigenvalue weighted by Gasteiger charge is 2.03. The molecule has 1 heterocycles. The van der Waals surface area contributed by atoms with E-state index in [-0.39, 0.29) is 18.7 Å². The van der Waals surface area contributed by atoms with Crippen molar-refractivity contribution in [3.63, 3.8) is 0 Å². The van der Waals surface area contributed by atoms with Crippen molar-refractivity contribution >= 4 is 11.9 Å². The zero-order chi connectivity index (χ0) is 13.4. The molecule has 0 spiro atoms. The molecule has 0 aliphatic rings. The molecule has 0 fully saturated rings. The van der Waals surface area contributed by atoms with Crippen molar-refractivity contribution in [2.24, 2.45) is 0 Å². The summed E-state index contributed by atoms with van der Waals surface area (Å²) < 4.78 is 0. The van der Waals surface area contributed by atoms with Crippen LogP contribution in [0.5, 0.6) is 0 Å². The van der Waals surface area contributed by atoms with Crippen LogP contribution >= 0.6 is 0 Å². The molecule has 0 saturated heterocycles. The summed E-state index contributed by atoms with van der Waals surface area (Å²) in [5.41, 5.74) is 2.09. The summed E-state index contributed by atoms with van der Waals surface area (Å²) in [7, 11) is 0. The highest BCUT2D eigenvalue weighted by Crippen LogP contribution is 2.00. The molecule has 0 aliphatic heterocycles. The first-order valence-electron chi connectivity index (χ1n) is 5.98. The molecule has 0 unspecified atom stereocenters. The van der Waals surface area contributed by atoms with E-state index >= 15 is 0 Å². The topological polar surface area (TPSA) is 79.3 Å². The molecular weight excluding hydrogens is 232 g/mol. The minimum Gasteiger partial charge on any atom is -0.481 e. The zero-order valence-electron chi connectivity index (χ0n) is 10.5. The highest BCUT2D eigenvalue weighted by atomic mass is 16.4. The fourth-order valence-electron chi connectivity index (χ4n) is 1.55. The van der Waals surface area contributed by atoms with Gasteiger partial charge in [-0.2, -0.15) is 0 Å². The van der Waals surface area contributed by atoms with Crippen molar-refractivity contribution in [1.82, 2.24) is 10.3 Å². The summed E-state index contributed by atoms with van der Waals surface area (Å²) in [5.74, 6) is -0.976. The first-order chi connectivity index (χ1) is 8.58. The second-order valence-corrected chi connectivity index (χ2v) is 4.17. The molecule has 0 bridgehead atoms. The fraction of sp³-hybridized carbons (Fsp3) is 0.462. The van der Waals surface area contributed by atoms with E-state index in [0.29, 0.717) is 19.4 Å². The molecule has 1 rings (SSSR count). The van der Waals surface area contributed by atoms with Crippen LogP contribution in [0.4, 0.5) is 0 Å². The van der Waals surface area contributed by atoms with Crippen molar-refractivity contribution < 1.29 is 14.7 Å². The molecule has 5 nitrogen and oxygen atoms in total. The Morgan fingerprint density at radius 3 is 2.83 bits per heavy atom. The Labute approximate surface area is 106 Å². The highest BCUT2D eigenvalue weighted by molar-refractivity contribution is 5.76. The molecule has 1 amide bonds. The monoisotopic (exact) mass is 250 g/mol. The van der Waals surface area contributed by atoms with Crippen molar-refractivity contribution in [2.75, 3.05) is 6.54 Å². The van der Waals surface area contributed by atoms with Gasteiger partial charge in [0.2, 0.25) is 5.91 Å². The zero-order valence-corrected chi connectivity index (χ0v) is 10.5. The Morgan fingerprint density at radius 2 is 2.17 bits per heavy atom. The number of nitrogens with one attached hydrogen (secondary N) is 1. The molecule has 1 aromatic heterocycles. The van der Waals surface area contributed by atoms with Gasteiger partial charge in [0.15, 0.2) is 0 Å². The Kier molecular flexibility index (Phi) is 5.84. The first kappa shape index (κ1) is 14.2. The van der Waals surface area contributed by atoms with Crippen LogP contribution in [0.25, 0.3) is 0 Å². The van der Waals surface area contributed by atoms with Gasteiger partial charge in [-0.15, -0.1) is 0 Å². The van der Waals surface area contributed by atoms with E-state index in [4.69, 9.17) is 5.11 Å². The normalized spacial score (nSPS) is 10.1. The molecule has 0 aliphatic carbocycles. The summed E-state index contributed by atoms with van der Waals surface area (Å²) in [5, 5.41) is 11.2. The predicted molar refractivity (Wildman–Crippen MR) is 67.2 cm³/mol. The van der Waals surface area contributed by atoms with E-state index in [1.807, 2.05) is 19.1 Å². The molecule has 18 heavy (non-hydrogen) atoms. The van der Waals surface area contributed by atoms with Crippen LogP contribution in [-0.2, 0) is 16.0 Å². The molecule has 0 aromatic carbocycles. The third kappa shape index (κ3) is 5.98. The SMILES string of the molecule is Cc1ccnc(CCNC(=O)CCCC(=O)O)c1. The number of hydrogen-bond acceptors (Lipinski definition) is 3. The van der Waals surface area contributed by atoms with E-state index in [1.165, 1.54) is 0 Å². The lowest BCUT2D eigenvalue weighted by molar-refractivity contribution is -0.137. The Balaban J connectivity index is 2.17. The number of amides is 1. The van der Waals surface area contributed by atoms with Crippen LogP contribution < -0.4 is 5.32 Å². The van der Waals surface area contributed by atoms with Gasteiger partial charge < -0.3 is 10.4 Å². The number of hydrogen-bond donors (Lipinski definition) is 2. The van der Waals surface area contributed by atoms with Crippen LogP contribution in [-0.4, -0.2) is 28.5 Å². The van der Waals surface area contributed by atoms with Gasteiger partial charge in [0, 0.05) is 37.7 Å². The number of carboxylic acid groups (broad SMARTS) is 1. The number of pyridine rings is 1. The summed E-state index contributed by atoms with van der Waals surface area (Å²) in [6.07, 6.45) is 3.11. The van der Waals surface area contributed by atoms with Gasteiger partial charge in [0.05, 0.1) is 0 Å². The van der Waals surface area contributed by atoms with Crippen molar-refractivity contribution in [2.45, 2.75) is 32.6 Å². The van der Waals surface area contributed by atoms with E-state index in [9.17, 15) is 9.59 Å². The number of carbonyl (C=O) groups excluding carboxylic acids is 1.